The van der Waals surface area contributed by atoms with E-state index in [1.165, 1.54) is 22.9 Å². The second-order valence-corrected chi connectivity index (χ2v) is 8.33. The number of hydrogen-bond acceptors (Lipinski definition) is 6. The predicted octanol–water partition coefficient (Wildman–Crippen LogP) is 2.85. The number of rotatable bonds is 11. The van der Waals surface area contributed by atoms with E-state index < -0.39 is 35.4 Å². The molecule has 36 heavy (non-hydrogen) atoms. The predicted molar refractivity (Wildman–Crippen MR) is 135 cm³/mol. The van der Waals surface area contributed by atoms with Crippen molar-refractivity contribution >= 4 is 35.0 Å². The molecular weight excluding hydrogens is 486 g/mol. The van der Waals surface area contributed by atoms with Crippen molar-refractivity contribution in [3.8, 4) is 0 Å². The average Bonchev–Trinajstić information content (AvgIpc) is 3.29. The molecule has 0 unspecified atom stereocenters. The number of carbonyl (C=O) groups is 3. The minimum atomic E-state index is -0.945. The van der Waals surface area contributed by atoms with Crippen molar-refractivity contribution in [2.24, 2.45) is 5.73 Å². The minimum absolute atomic E-state index is 0.0498. The first kappa shape index (κ1) is 26.4. The van der Waals surface area contributed by atoms with Gasteiger partial charge in [-0.2, -0.15) is 0 Å². The second-order valence-electron chi connectivity index (χ2n) is 7.96. The molecule has 4 N–H and O–H groups in total. The highest BCUT2D eigenvalue weighted by Crippen LogP contribution is 2.16. The van der Waals surface area contributed by atoms with E-state index in [1.54, 1.807) is 25.1 Å². The maximum Gasteiger partial charge on any atom is 0.278 e. The van der Waals surface area contributed by atoms with E-state index in [1.807, 2.05) is 30.3 Å². The highest BCUT2D eigenvalue weighted by Gasteiger charge is 2.25. The van der Waals surface area contributed by atoms with Crippen molar-refractivity contribution in [3.63, 3.8) is 0 Å². The largest absolute Gasteiger partial charge is 0.370 e. The number of hydrogen-bond donors (Lipinski definition) is 3. The summed E-state index contributed by atoms with van der Waals surface area (Å²) < 4.78 is 5.95. The van der Waals surface area contributed by atoms with E-state index in [0.29, 0.717) is 6.42 Å². The van der Waals surface area contributed by atoms with Gasteiger partial charge >= 0.3 is 0 Å². The van der Waals surface area contributed by atoms with Crippen molar-refractivity contribution in [2.45, 2.75) is 38.3 Å². The molecule has 0 aliphatic carbocycles. The van der Waals surface area contributed by atoms with Gasteiger partial charge in [-0.3, -0.25) is 19.2 Å². The van der Waals surface area contributed by atoms with Crippen LogP contribution in [0.2, 0.25) is 5.22 Å². The van der Waals surface area contributed by atoms with Gasteiger partial charge in [0.1, 0.15) is 11.7 Å². The van der Waals surface area contributed by atoms with Crippen molar-refractivity contribution in [3.05, 3.63) is 93.7 Å². The fourth-order valence-corrected chi connectivity index (χ4v) is 3.72. The molecule has 3 rings (SSSR count). The maximum absolute atomic E-state index is 13.4. The quantitative estimate of drug-likeness (QED) is 0.337. The number of primary amides is 1. The van der Waals surface area contributed by atoms with Crippen LogP contribution in [0.3, 0.4) is 0 Å². The van der Waals surface area contributed by atoms with Gasteiger partial charge in [0, 0.05) is 31.1 Å². The van der Waals surface area contributed by atoms with Crippen molar-refractivity contribution in [2.75, 3.05) is 5.32 Å². The molecule has 0 saturated heterocycles. The topological polar surface area (TPSA) is 149 Å². The Morgan fingerprint density at radius 3 is 2.58 bits per heavy atom. The molecule has 1 aromatic carbocycles. The van der Waals surface area contributed by atoms with Gasteiger partial charge in [0.25, 0.3) is 11.5 Å². The molecule has 2 aromatic heterocycles. The number of nitrogens with two attached hydrogens (primary N) is 1. The number of amides is 3. The van der Waals surface area contributed by atoms with Crippen molar-refractivity contribution in [1.29, 1.82) is 0 Å². The summed E-state index contributed by atoms with van der Waals surface area (Å²) in [5.74, 6) is -1.60. The van der Waals surface area contributed by atoms with Crippen LogP contribution in [0.25, 0.3) is 0 Å². The lowest BCUT2D eigenvalue weighted by Gasteiger charge is -2.23. The number of nitrogens with zero attached hydrogens (tertiary/aromatic N) is 2. The van der Waals surface area contributed by atoms with Gasteiger partial charge in [-0.1, -0.05) is 47.6 Å². The van der Waals surface area contributed by atoms with Gasteiger partial charge in [0.2, 0.25) is 17.0 Å². The number of nitrogens with one attached hydrogen (secondary N) is 2. The average molecular weight is 512 g/mol. The first-order valence-corrected chi connectivity index (χ1v) is 11.6. The molecule has 0 fully saturated rings. The Morgan fingerprint density at radius 1 is 1.19 bits per heavy atom. The number of benzene rings is 1. The molecule has 3 aromatic rings. The SMILES string of the molecule is C/C=C/[C@H](CCC(N)=O)NC(=O)[C@H](Cc1ccccc1)n1cccc(NC(=O)c2cc(Cl)on2)c1=O. The molecule has 0 saturated carbocycles. The molecule has 10 nitrogen and oxygen atoms in total. The Labute approximate surface area is 212 Å². The number of aromatic nitrogens is 2. The van der Waals surface area contributed by atoms with E-state index in [-0.39, 0.29) is 29.4 Å². The molecular formula is C25H26ClN5O5. The molecule has 3 amide bonds. The van der Waals surface area contributed by atoms with Crippen molar-refractivity contribution in [1.82, 2.24) is 15.0 Å². The van der Waals surface area contributed by atoms with Gasteiger partial charge in [-0.25, -0.2) is 0 Å². The summed E-state index contributed by atoms with van der Waals surface area (Å²) in [6.07, 6.45) is 5.61. The highest BCUT2D eigenvalue weighted by molar-refractivity contribution is 6.29. The fraction of sp³-hybridized carbons (Fsp3) is 0.240. The lowest BCUT2D eigenvalue weighted by molar-refractivity contribution is -0.125. The first-order chi connectivity index (χ1) is 17.3. The lowest BCUT2D eigenvalue weighted by atomic mass is 10.0. The third-order valence-electron chi connectivity index (χ3n) is 5.30. The van der Waals surface area contributed by atoms with Crippen LogP contribution in [0.5, 0.6) is 0 Å². The molecule has 0 aliphatic heterocycles. The zero-order chi connectivity index (χ0) is 26.1. The summed E-state index contributed by atoms with van der Waals surface area (Å²) >= 11 is 5.67. The Bertz CT molecular complexity index is 1300. The van der Waals surface area contributed by atoms with Crippen LogP contribution in [0.1, 0.15) is 41.9 Å². The molecule has 0 bridgehead atoms. The highest BCUT2D eigenvalue weighted by atomic mass is 35.5. The molecule has 0 aliphatic rings. The zero-order valence-corrected chi connectivity index (χ0v) is 20.3. The molecule has 2 heterocycles. The van der Waals surface area contributed by atoms with Crippen LogP contribution in [0.15, 0.2) is 76.2 Å². The first-order valence-electron chi connectivity index (χ1n) is 11.2. The number of halogens is 1. The Balaban J connectivity index is 1.92. The third kappa shape index (κ3) is 7.16. The normalized spacial score (nSPS) is 12.7. The third-order valence-corrected chi connectivity index (χ3v) is 5.48. The molecule has 2 atom stereocenters. The summed E-state index contributed by atoms with van der Waals surface area (Å²) in [6.45, 7) is 1.80. The Kier molecular flexibility index (Phi) is 9.18. The van der Waals surface area contributed by atoms with Gasteiger partial charge in [0.05, 0.1) is 0 Å². The van der Waals surface area contributed by atoms with E-state index in [9.17, 15) is 19.2 Å². The fourth-order valence-electron chi connectivity index (χ4n) is 3.58. The molecule has 0 radical (unpaired) electrons. The van der Waals surface area contributed by atoms with Gasteiger partial charge < -0.3 is 25.5 Å². The number of pyridine rings is 1. The van der Waals surface area contributed by atoms with Gasteiger partial charge in [-0.05, 0) is 42.6 Å². The summed E-state index contributed by atoms with van der Waals surface area (Å²) in [4.78, 5) is 50.5. The number of carbonyl (C=O) groups excluding carboxylic acids is 3. The molecule has 11 heteroatoms. The Hall–Kier alpha value is -4.18. The lowest BCUT2D eigenvalue weighted by Crippen LogP contribution is -2.43. The summed E-state index contributed by atoms with van der Waals surface area (Å²) in [6, 6.07) is 12.0. The number of anilines is 1. The van der Waals surface area contributed by atoms with Crippen LogP contribution < -0.4 is 21.9 Å². The van der Waals surface area contributed by atoms with E-state index in [4.69, 9.17) is 17.3 Å². The van der Waals surface area contributed by atoms with E-state index in [2.05, 4.69) is 20.3 Å². The van der Waals surface area contributed by atoms with E-state index in [0.717, 1.165) is 5.56 Å². The van der Waals surface area contributed by atoms with Crippen LogP contribution in [0, 0.1) is 0 Å². The second kappa shape index (κ2) is 12.5. The summed E-state index contributed by atoms with van der Waals surface area (Å²) in [5.41, 5.74) is 5.36. The van der Waals surface area contributed by atoms with Crippen LogP contribution in [-0.4, -0.2) is 33.5 Å². The summed E-state index contributed by atoms with van der Waals surface area (Å²) in [7, 11) is 0. The minimum Gasteiger partial charge on any atom is -0.370 e. The summed E-state index contributed by atoms with van der Waals surface area (Å²) in [5, 5.41) is 8.83. The van der Waals surface area contributed by atoms with Crippen LogP contribution in [-0.2, 0) is 16.0 Å². The zero-order valence-electron chi connectivity index (χ0n) is 19.5. The van der Waals surface area contributed by atoms with Crippen LogP contribution >= 0.6 is 11.6 Å². The van der Waals surface area contributed by atoms with Crippen LogP contribution in [0.4, 0.5) is 5.69 Å². The van der Waals surface area contributed by atoms with Gasteiger partial charge in [0.15, 0.2) is 5.69 Å². The standard InChI is InChI=1S/C25H26ClN5O5/c1-2-7-17(11-12-22(27)32)28-24(34)20(14-16-8-4-3-5-9-16)31-13-6-10-18(25(31)35)29-23(33)19-15-21(26)36-30-19/h2-10,13,15,17,20H,11-12,14H2,1H3,(H2,27,32)(H,28,34)(H,29,33)/b7-2+/t17-,20+/m1/s1. The van der Waals surface area contributed by atoms with E-state index >= 15 is 0 Å². The maximum atomic E-state index is 13.4. The molecule has 188 valence electrons. The molecule has 0 spiro atoms. The Morgan fingerprint density at radius 2 is 1.94 bits per heavy atom. The number of allylic oxidation sites excluding steroid dienone is 1. The smallest absolute Gasteiger partial charge is 0.278 e. The van der Waals surface area contributed by atoms with Crippen molar-refractivity contribution < 1.29 is 18.9 Å². The van der Waals surface area contributed by atoms with Gasteiger partial charge in [-0.15, -0.1) is 0 Å². The monoisotopic (exact) mass is 511 g/mol.